The van der Waals surface area contributed by atoms with Gasteiger partial charge in [0, 0.05) is 0 Å². The van der Waals surface area contributed by atoms with Crippen molar-refractivity contribution in [3.05, 3.63) is 59.7 Å². The second-order valence-corrected chi connectivity index (χ2v) is 6.56. The van der Waals surface area contributed by atoms with Gasteiger partial charge in [-0.25, -0.2) is 8.42 Å². The zero-order valence-corrected chi connectivity index (χ0v) is 13.2. The first-order chi connectivity index (χ1) is 10.4. The monoisotopic (exact) mass is 319 g/mol. The fourth-order valence-corrected chi connectivity index (χ4v) is 3.13. The van der Waals surface area contributed by atoms with Crippen molar-refractivity contribution in [1.82, 2.24) is 4.72 Å². The van der Waals surface area contributed by atoms with Gasteiger partial charge in [-0.2, -0.15) is 4.72 Å². The van der Waals surface area contributed by atoms with E-state index in [1.165, 1.54) is 6.07 Å². The van der Waals surface area contributed by atoms with Gasteiger partial charge in [0.05, 0.1) is 4.90 Å². The Balaban J connectivity index is 2.02. The smallest absolute Gasteiger partial charge is 0.326 e. The van der Waals surface area contributed by atoms with Crippen molar-refractivity contribution in [2.24, 2.45) is 0 Å². The van der Waals surface area contributed by atoms with Crippen LogP contribution in [0.1, 0.15) is 11.1 Å². The molecule has 0 aromatic heterocycles. The molecule has 0 heterocycles. The number of nitrogens with one attached hydrogen (secondary N) is 1. The summed E-state index contributed by atoms with van der Waals surface area (Å²) in [6.07, 6.45) is 0. The summed E-state index contributed by atoms with van der Waals surface area (Å²) < 4.78 is 31.7. The van der Waals surface area contributed by atoms with E-state index in [2.05, 4.69) is 4.72 Å². The SMILES string of the molecule is Cc1ccccc1OC(=O)CNS(=O)(=O)c1ccccc1C. The van der Waals surface area contributed by atoms with E-state index in [-0.39, 0.29) is 4.90 Å². The molecule has 6 heteroatoms. The molecule has 0 atom stereocenters. The molecule has 2 aromatic rings. The van der Waals surface area contributed by atoms with Crippen LogP contribution in [0.25, 0.3) is 0 Å². The van der Waals surface area contributed by atoms with Crippen molar-refractivity contribution in [3.8, 4) is 5.75 Å². The maximum absolute atomic E-state index is 12.2. The third-order valence-corrected chi connectivity index (χ3v) is 4.67. The number of ether oxygens (including phenoxy) is 1. The zero-order chi connectivity index (χ0) is 16.2. The number of hydrogen-bond acceptors (Lipinski definition) is 4. The van der Waals surface area contributed by atoms with Gasteiger partial charge in [-0.1, -0.05) is 36.4 Å². The predicted molar refractivity (Wildman–Crippen MR) is 83.2 cm³/mol. The summed E-state index contributed by atoms with van der Waals surface area (Å²) in [4.78, 5) is 11.9. The Bertz CT molecular complexity index is 784. The van der Waals surface area contributed by atoms with Gasteiger partial charge in [0.2, 0.25) is 10.0 Å². The molecule has 0 saturated carbocycles. The van der Waals surface area contributed by atoms with Gasteiger partial charge in [-0.3, -0.25) is 4.79 Å². The van der Waals surface area contributed by atoms with Gasteiger partial charge in [0.25, 0.3) is 0 Å². The van der Waals surface area contributed by atoms with E-state index in [1.54, 1.807) is 50.2 Å². The highest BCUT2D eigenvalue weighted by Gasteiger charge is 2.18. The third-order valence-electron chi connectivity index (χ3n) is 3.11. The Morgan fingerprint density at radius 1 is 1.00 bits per heavy atom. The topological polar surface area (TPSA) is 72.5 Å². The molecule has 116 valence electrons. The van der Waals surface area contributed by atoms with E-state index in [9.17, 15) is 13.2 Å². The van der Waals surface area contributed by atoms with Crippen molar-refractivity contribution in [1.29, 1.82) is 0 Å². The fraction of sp³-hybridized carbons (Fsp3) is 0.188. The fourth-order valence-electron chi connectivity index (χ4n) is 1.92. The number of para-hydroxylation sites is 1. The van der Waals surface area contributed by atoms with Crippen LogP contribution in [0.5, 0.6) is 5.75 Å². The molecule has 0 amide bonds. The molecule has 0 unspecified atom stereocenters. The van der Waals surface area contributed by atoms with E-state index in [1.807, 2.05) is 6.07 Å². The minimum absolute atomic E-state index is 0.152. The maximum Gasteiger partial charge on any atom is 0.326 e. The van der Waals surface area contributed by atoms with Crippen molar-refractivity contribution >= 4 is 16.0 Å². The Hall–Kier alpha value is -2.18. The predicted octanol–water partition coefficient (Wildman–Crippen LogP) is 2.19. The first kappa shape index (κ1) is 16.2. The van der Waals surface area contributed by atoms with Gasteiger partial charge in [-0.15, -0.1) is 0 Å². The molecule has 5 nitrogen and oxygen atoms in total. The van der Waals surface area contributed by atoms with E-state index < -0.39 is 22.5 Å². The van der Waals surface area contributed by atoms with Crippen molar-refractivity contribution in [2.45, 2.75) is 18.7 Å². The summed E-state index contributed by atoms with van der Waals surface area (Å²) in [6.45, 7) is 3.07. The lowest BCUT2D eigenvalue weighted by Gasteiger charge is -2.10. The molecule has 0 aliphatic carbocycles. The Morgan fingerprint density at radius 3 is 2.23 bits per heavy atom. The summed E-state index contributed by atoms with van der Waals surface area (Å²) in [6, 6.07) is 13.6. The van der Waals surface area contributed by atoms with Crippen molar-refractivity contribution in [3.63, 3.8) is 0 Å². The molecule has 0 saturated heterocycles. The standard InChI is InChI=1S/C16H17NO4S/c1-12-7-3-5-9-14(12)21-16(18)11-17-22(19,20)15-10-6-4-8-13(15)2/h3-10,17H,11H2,1-2H3. The highest BCUT2D eigenvalue weighted by atomic mass is 32.2. The van der Waals surface area contributed by atoms with Crippen molar-refractivity contribution < 1.29 is 17.9 Å². The van der Waals surface area contributed by atoms with Crippen LogP contribution >= 0.6 is 0 Å². The second kappa shape index (κ2) is 6.72. The number of aryl methyl sites for hydroxylation is 2. The number of carbonyl (C=O) groups excluding carboxylic acids is 1. The van der Waals surface area contributed by atoms with E-state index in [0.29, 0.717) is 11.3 Å². The summed E-state index contributed by atoms with van der Waals surface area (Å²) in [5.41, 5.74) is 1.42. The van der Waals surface area contributed by atoms with Gasteiger partial charge in [-0.05, 0) is 37.1 Å². The molecule has 0 bridgehead atoms. The van der Waals surface area contributed by atoms with Crippen LogP contribution < -0.4 is 9.46 Å². The average Bonchev–Trinajstić information content (AvgIpc) is 2.48. The number of sulfonamides is 1. The summed E-state index contributed by atoms with van der Waals surface area (Å²) in [5.74, 6) is -0.242. The minimum atomic E-state index is -3.74. The highest BCUT2D eigenvalue weighted by molar-refractivity contribution is 7.89. The molecule has 0 radical (unpaired) electrons. The molecule has 22 heavy (non-hydrogen) atoms. The lowest BCUT2D eigenvalue weighted by molar-refractivity contribution is -0.133. The second-order valence-electron chi connectivity index (χ2n) is 4.83. The molecular weight excluding hydrogens is 302 g/mol. The van der Waals surface area contributed by atoms with Gasteiger partial charge < -0.3 is 4.74 Å². The molecule has 1 N–H and O–H groups in total. The first-order valence-corrected chi connectivity index (χ1v) is 8.20. The van der Waals surface area contributed by atoms with Crippen LogP contribution in [0.15, 0.2) is 53.4 Å². The van der Waals surface area contributed by atoms with Crippen LogP contribution in [0, 0.1) is 13.8 Å². The number of carbonyl (C=O) groups is 1. The number of benzene rings is 2. The summed E-state index contributed by atoms with van der Waals surface area (Å²) in [5, 5.41) is 0. The van der Waals surface area contributed by atoms with E-state index in [0.717, 1.165) is 5.56 Å². The quantitative estimate of drug-likeness (QED) is 0.677. The number of hydrogen-bond donors (Lipinski definition) is 1. The summed E-state index contributed by atoms with van der Waals surface area (Å²) in [7, 11) is -3.74. The Morgan fingerprint density at radius 2 is 1.59 bits per heavy atom. The highest BCUT2D eigenvalue weighted by Crippen LogP contribution is 2.16. The van der Waals surface area contributed by atoms with Crippen LogP contribution in [0.3, 0.4) is 0 Å². The minimum Gasteiger partial charge on any atom is -0.425 e. The van der Waals surface area contributed by atoms with E-state index in [4.69, 9.17) is 4.74 Å². The molecule has 0 aliphatic heterocycles. The van der Waals surface area contributed by atoms with E-state index >= 15 is 0 Å². The van der Waals surface area contributed by atoms with Crippen LogP contribution in [0.4, 0.5) is 0 Å². The Kier molecular flexibility index (Phi) is 4.95. The molecule has 2 rings (SSSR count). The Labute approximate surface area is 130 Å². The molecule has 2 aromatic carbocycles. The van der Waals surface area contributed by atoms with Gasteiger partial charge in [0.15, 0.2) is 0 Å². The third kappa shape index (κ3) is 3.93. The zero-order valence-electron chi connectivity index (χ0n) is 12.4. The largest absolute Gasteiger partial charge is 0.425 e. The summed E-state index contributed by atoms with van der Waals surface area (Å²) >= 11 is 0. The van der Waals surface area contributed by atoms with Crippen LogP contribution in [-0.2, 0) is 14.8 Å². The molecular formula is C16H17NO4S. The van der Waals surface area contributed by atoms with Gasteiger partial charge in [0.1, 0.15) is 12.3 Å². The van der Waals surface area contributed by atoms with Crippen LogP contribution in [-0.4, -0.2) is 20.9 Å². The number of rotatable bonds is 5. The van der Waals surface area contributed by atoms with Gasteiger partial charge >= 0.3 is 5.97 Å². The normalized spacial score (nSPS) is 11.2. The van der Waals surface area contributed by atoms with Crippen molar-refractivity contribution in [2.75, 3.05) is 6.54 Å². The maximum atomic E-state index is 12.2. The first-order valence-electron chi connectivity index (χ1n) is 6.72. The molecule has 0 aliphatic rings. The van der Waals surface area contributed by atoms with Crippen LogP contribution in [0.2, 0.25) is 0 Å². The lowest BCUT2D eigenvalue weighted by atomic mass is 10.2. The lowest BCUT2D eigenvalue weighted by Crippen LogP contribution is -2.32. The number of esters is 1. The average molecular weight is 319 g/mol. The molecule has 0 fully saturated rings. The molecule has 0 spiro atoms.